The van der Waals surface area contributed by atoms with E-state index in [1.165, 1.54) is 19.4 Å². The fraction of sp³-hybridized carbons (Fsp3) is 0.786. The van der Waals surface area contributed by atoms with Crippen LogP contribution in [0.1, 0.15) is 40.0 Å². The highest BCUT2D eigenvalue weighted by Crippen LogP contribution is 2.06. The lowest BCUT2D eigenvalue weighted by atomic mass is 10.2. The minimum Gasteiger partial charge on any atom is -0.356 e. The number of nitrogens with zero attached hydrogens (tertiary/aromatic N) is 3. The van der Waals surface area contributed by atoms with Crippen LogP contribution in [0.25, 0.3) is 0 Å². The van der Waals surface area contributed by atoms with E-state index >= 15 is 0 Å². The van der Waals surface area contributed by atoms with E-state index in [4.69, 9.17) is 0 Å². The first-order valence-electron chi connectivity index (χ1n) is 7.10. The summed E-state index contributed by atoms with van der Waals surface area (Å²) in [5.41, 5.74) is 0. The van der Waals surface area contributed by atoms with Gasteiger partial charge in [0, 0.05) is 31.5 Å². The Balaban J connectivity index is 2.16. The molecule has 0 spiro atoms. The highest BCUT2D eigenvalue weighted by molar-refractivity contribution is 5.25. The molecule has 4 nitrogen and oxygen atoms in total. The van der Waals surface area contributed by atoms with Gasteiger partial charge in [0.2, 0.25) is 5.95 Å². The molecule has 0 aromatic carbocycles. The maximum Gasteiger partial charge on any atom is 0.202 e. The fourth-order valence-corrected chi connectivity index (χ4v) is 1.84. The molecule has 1 N–H and O–H groups in total. The third kappa shape index (κ3) is 5.08. The Morgan fingerprint density at radius 1 is 1.39 bits per heavy atom. The second-order valence-corrected chi connectivity index (χ2v) is 5.15. The van der Waals surface area contributed by atoms with E-state index in [1.54, 1.807) is 0 Å². The molecule has 0 saturated heterocycles. The van der Waals surface area contributed by atoms with E-state index in [9.17, 15) is 0 Å². The molecule has 1 aromatic heterocycles. The summed E-state index contributed by atoms with van der Waals surface area (Å²) in [5, 5.41) is 3.41. The van der Waals surface area contributed by atoms with Crippen molar-refractivity contribution in [1.29, 1.82) is 0 Å². The molecular weight excluding hydrogens is 224 g/mol. The molecule has 1 heterocycles. The van der Waals surface area contributed by atoms with Gasteiger partial charge < -0.3 is 14.8 Å². The topological polar surface area (TPSA) is 33.1 Å². The summed E-state index contributed by atoms with van der Waals surface area (Å²) in [6.07, 6.45) is 7.47. The van der Waals surface area contributed by atoms with Crippen molar-refractivity contribution in [2.75, 3.05) is 25.5 Å². The number of anilines is 1. The van der Waals surface area contributed by atoms with Crippen molar-refractivity contribution in [1.82, 2.24) is 14.5 Å². The minimum absolute atomic E-state index is 0.640. The number of hydrogen-bond donors (Lipinski definition) is 1. The highest BCUT2D eigenvalue weighted by Gasteiger charge is 2.03. The number of aromatic nitrogens is 2. The molecule has 0 amide bonds. The first-order valence-corrected chi connectivity index (χ1v) is 7.10. The Morgan fingerprint density at radius 2 is 2.17 bits per heavy atom. The Labute approximate surface area is 111 Å². The number of aryl methyl sites for hydroxylation is 1. The smallest absolute Gasteiger partial charge is 0.202 e. The zero-order chi connectivity index (χ0) is 13.4. The Kier molecular flexibility index (Phi) is 6.80. The monoisotopic (exact) mass is 252 g/mol. The van der Waals surface area contributed by atoms with Crippen LogP contribution in [0.15, 0.2) is 12.4 Å². The average Bonchev–Trinajstić information content (AvgIpc) is 2.76. The number of imidazole rings is 1. The Hall–Kier alpha value is -1.03. The van der Waals surface area contributed by atoms with E-state index in [2.05, 4.69) is 47.6 Å². The van der Waals surface area contributed by atoms with Gasteiger partial charge in [-0.25, -0.2) is 4.98 Å². The maximum absolute atomic E-state index is 4.34. The summed E-state index contributed by atoms with van der Waals surface area (Å²) in [7, 11) is 2.19. The molecule has 0 radical (unpaired) electrons. The number of rotatable bonds is 9. The first-order chi connectivity index (χ1) is 8.65. The van der Waals surface area contributed by atoms with Gasteiger partial charge >= 0.3 is 0 Å². The van der Waals surface area contributed by atoms with Gasteiger partial charge in [-0.3, -0.25) is 0 Å². The zero-order valence-electron chi connectivity index (χ0n) is 12.3. The summed E-state index contributed by atoms with van der Waals surface area (Å²) in [6.45, 7) is 9.87. The molecule has 0 atom stereocenters. The normalized spacial score (nSPS) is 11.4. The summed E-state index contributed by atoms with van der Waals surface area (Å²) in [5.74, 6) is 1.01. The third-order valence-corrected chi connectivity index (χ3v) is 3.28. The quantitative estimate of drug-likeness (QED) is 0.686. The van der Waals surface area contributed by atoms with E-state index in [-0.39, 0.29) is 0 Å². The second kappa shape index (κ2) is 8.14. The van der Waals surface area contributed by atoms with Crippen LogP contribution in [0.2, 0.25) is 0 Å². The van der Waals surface area contributed by atoms with Gasteiger partial charge in [-0.15, -0.1) is 0 Å². The largest absolute Gasteiger partial charge is 0.356 e. The lowest BCUT2D eigenvalue weighted by molar-refractivity contribution is 0.269. The zero-order valence-corrected chi connectivity index (χ0v) is 12.3. The maximum atomic E-state index is 4.34. The average molecular weight is 252 g/mol. The highest BCUT2D eigenvalue weighted by atomic mass is 15.2. The van der Waals surface area contributed by atoms with Crippen LogP contribution in [-0.2, 0) is 6.54 Å². The van der Waals surface area contributed by atoms with Crippen molar-refractivity contribution in [3.05, 3.63) is 12.4 Å². The molecule has 1 rings (SSSR count). The molecular formula is C14H28N4. The van der Waals surface area contributed by atoms with Crippen molar-refractivity contribution >= 4 is 5.95 Å². The van der Waals surface area contributed by atoms with Crippen molar-refractivity contribution in [3.63, 3.8) is 0 Å². The fourth-order valence-electron chi connectivity index (χ4n) is 1.84. The molecule has 0 fully saturated rings. The predicted molar refractivity (Wildman–Crippen MR) is 78.0 cm³/mol. The standard InChI is InChI=1S/C14H28N4/c1-5-10-18-12-9-16-14(18)15-8-6-7-11-17(4)13(2)3/h9,12-13H,5-8,10-11H2,1-4H3,(H,15,16). The lowest BCUT2D eigenvalue weighted by Crippen LogP contribution is -2.27. The van der Waals surface area contributed by atoms with Crippen LogP contribution in [0.3, 0.4) is 0 Å². The molecule has 104 valence electrons. The molecule has 0 aliphatic rings. The van der Waals surface area contributed by atoms with Gasteiger partial charge in [-0.2, -0.15) is 0 Å². The SMILES string of the molecule is CCCn1ccnc1NCCCCN(C)C(C)C. The van der Waals surface area contributed by atoms with Crippen LogP contribution >= 0.6 is 0 Å². The predicted octanol–water partition coefficient (Wildman–Crippen LogP) is 2.83. The van der Waals surface area contributed by atoms with Crippen LogP contribution in [-0.4, -0.2) is 40.6 Å². The summed E-state index contributed by atoms with van der Waals surface area (Å²) in [4.78, 5) is 6.72. The number of unbranched alkanes of at least 4 members (excludes halogenated alkanes) is 1. The van der Waals surface area contributed by atoms with Crippen LogP contribution in [0.5, 0.6) is 0 Å². The van der Waals surface area contributed by atoms with E-state index in [0.717, 1.165) is 25.5 Å². The van der Waals surface area contributed by atoms with Gasteiger partial charge in [-0.1, -0.05) is 6.92 Å². The Morgan fingerprint density at radius 3 is 2.83 bits per heavy atom. The summed E-state index contributed by atoms with van der Waals surface area (Å²) < 4.78 is 2.18. The van der Waals surface area contributed by atoms with Crippen molar-refractivity contribution in [3.8, 4) is 0 Å². The van der Waals surface area contributed by atoms with Gasteiger partial charge in [-0.05, 0) is 46.7 Å². The first kappa shape index (κ1) is 15.0. The number of hydrogen-bond acceptors (Lipinski definition) is 3. The van der Waals surface area contributed by atoms with Crippen molar-refractivity contribution in [2.45, 2.75) is 52.6 Å². The number of nitrogens with one attached hydrogen (secondary N) is 1. The molecule has 4 heteroatoms. The summed E-state index contributed by atoms with van der Waals surface area (Å²) in [6, 6.07) is 0.640. The van der Waals surface area contributed by atoms with Crippen LogP contribution in [0.4, 0.5) is 5.95 Å². The van der Waals surface area contributed by atoms with Gasteiger partial charge in [0.05, 0.1) is 0 Å². The molecule has 0 aliphatic heterocycles. The summed E-state index contributed by atoms with van der Waals surface area (Å²) >= 11 is 0. The third-order valence-electron chi connectivity index (χ3n) is 3.28. The second-order valence-electron chi connectivity index (χ2n) is 5.15. The van der Waals surface area contributed by atoms with E-state index in [1.807, 2.05) is 12.4 Å². The van der Waals surface area contributed by atoms with Gasteiger partial charge in [0.25, 0.3) is 0 Å². The van der Waals surface area contributed by atoms with E-state index < -0.39 is 0 Å². The van der Waals surface area contributed by atoms with Crippen LogP contribution in [0, 0.1) is 0 Å². The molecule has 0 bridgehead atoms. The van der Waals surface area contributed by atoms with Crippen molar-refractivity contribution < 1.29 is 0 Å². The molecule has 18 heavy (non-hydrogen) atoms. The van der Waals surface area contributed by atoms with Gasteiger partial charge in [0.15, 0.2) is 0 Å². The van der Waals surface area contributed by atoms with Crippen LogP contribution < -0.4 is 5.32 Å². The van der Waals surface area contributed by atoms with E-state index in [0.29, 0.717) is 6.04 Å². The Bertz CT molecular complexity index is 319. The lowest BCUT2D eigenvalue weighted by Gasteiger charge is -2.20. The molecule has 0 unspecified atom stereocenters. The molecule has 0 saturated carbocycles. The molecule has 1 aromatic rings. The minimum atomic E-state index is 0.640. The van der Waals surface area contributed by atoms with Gasteiger partial charge in [0.1, 0.15) is 0 Å². The van der Waals surface area contributed by atoms with Crippen molar-refractivity contribution in [2.24, 2.45) is 0 Å². The molecule has 0 aliphatic carbocycles.